The maximum atomic E-state index is 9.38. The summed E-state index contributed by atoms with van der Waals surface area (Å²) in [5.41, 5.74) is 4.55. The van der Waals surface area contributed by atoms with Crippen LogP contribution in [0, 0.1) is 25.2 Å². The number of benzene rings is 2. The van der Waals surface area contributed by atoms with Gasteiger partial charge < -0.3 is 0 Å². The molecule has 19 heavy (non-hydrogen) atoms. The highest BCUT2D eigenvalue weighted by molar-refractivity contribution is 6.53. The van der Waals surface area contributed by atoms with E-state index in [1.54, 1.807) is 0 Å². The Labute approximate surface area is 118 Å². The summed E-state index contributed by atoms with van der Waals surface area (Å²) < 4.78 is 0. The molecular weight excluding hydrogens is 254 g/mol. The quantitative estimate of drug-likeness (QED) is 0.559. The molecule has 0 aliphatic rings. The number of hydrogen-bond acceptors (Lipinski definition) is 1. The molecule has 0 N–H and O–H groups in total. The van der Waals surface area contributed by atoms with Crippen LogP contribution in [-0.2, 0) is 0 Å². The van der Waals surface area contributed by atoms with Crippen LogP contribution in [-0.4, -0.2) is 0 Å². The SMILES string of the molecule is Cc1cccc(C(Cl)=C(C#N)c2ccccc2)c1C. The van der Waals surface area contributed by atoms with Gasteiger partial charge in [-0.1, -0.05) is 60.1 Å². The van der Waals surface area contributed by atoms with Crippen LogP contribution in [0.2, 0.25) is 0 Å². The van der Waals surface area contributed by atoms with Crippen LogP contribution in [0.1, 0.15) is 22.3 Å². The Kier molecular flexibility index (Phi) is 4.04. The van der Waals surface area contributed by atoms with Crippen LogP contribution in [0.5, 0.6) is 0 Å². The van der Waals surface area contributed by atoms with Crippen LogP contribution >= 0.6 is 11.6 Å². The smallest absolute Gasteiger partial charge is 0.101 e. The van der Waals surface area contributed by atoms with Crippen molar-refractivity contribution in [1.29, 1.82) is 5.26 Å². The highest BCUT2D eigenvalue weighted by atomic mass is 35.5. The molecule has 0 saturated heterocycles. The number of allylic oxidation sites excluding steroid dienone is 1. The molecule has 0 fully saturated rings. The number of hydrogen-bond donors (Lipinski definition) is 0. The highest BCUT2D eigenvalue weighted by Crippen LogP contribution is 2.31. The standard InChI is InChI=1S/C17H14ClN/c1-12-7-6-10-15(13(12)2)17(18)16(11-19)14-8-4-3-5-9-14/h3-10H,1-2H3. The van der Waals surface area contributed by atoms with Gasteiger partial charge in [0.15, 0.2) is 0 Å². The zero-order valence-corrected chi connectivity index (χ0v) is 11.7. The first kappa shape index (κ1) is 13.4. The summed E-state index contributed by atoms with van der Waals surface area (Å²) >= 11 is 6.44. The largest absolute Gasteiger partial charge is 0.192 e. The molecular formula is C17H14ClN. The van der Waals surface area contributed by atoms with Gasteiger partial charge in [0, 0.05) is 0 Å². The third-order valence-corrected chi connectivity index (χ3v) is 3.63. The predicted molar refractivity (Wildman–Crippen MR) is 80.6 cm³/mol. The molecule has 2 aromatic carbocycles. The van der Waals surface area contributed by atoms with Crippen LogP contribution in [0.15, 0.2) is 48.5 Å². The third kappa shape index (κ3) is 2.70. The Bertz CT molecular complexity index is 663. The Morgan fingerprint density at radius 2 is 1.68 bits per heavy atom. The first-order chi connectivity index (χ1) is 9.15. The van der Waals surface area contributed by atoms with Gasteiger partial charge in [0.05, 0.1) is 10.6 Å². The van der Waals surface area contributed by atoms with Gasteiger partial charge >= 0.3 is 0 Å². The number of aryl methyl sites for hydroxylation is 1. The molecule has 0 heterocycles. The molecule has 2 aromatic rings. The second-order valence-corrected chi connectivity index (χ2v) is 4.79. The Morgan fingerprint density at radius 1 is 1.00 bits per heavy atom. The van der Waals surface area contributed by atoms with E-state index in [1.807, 2.05) is 62.4 Å². The molecule has 2 rings (SSSR count). The van der Waals surface area contributed by atoms with E-state index in [1.165, 1.54) is 5.56 Å². The summed E-state index contributed by atoms with van der Waals surface area (Å²) in [5, 5.41) is 9.89. The molecule has 0 amide bonds. The van der Waals surface area contributed by atoms with E-state index in [4.69, 9.17) is 11.6 Å². The molecule has 0 saturated carbocycles. The minimum atomic E-state index is 0.509. The molecule has 94 valence electrons. The van der Waals surface area contributed by atoms with Crippen molar-refractivity contribution in [2.24, 2.45) is 0 Å². The van der Waals surface area contributed by atoms with E-state index < -0.39 is 0 Å². The van der Waals surface area contributed by atoms with E-state index in [0.29, 0.717) is 10.6 Å². The van der Waals surface area contributed by atoms with Crippen LogP contribution < -0.4 is 0 Å². The fourth-order valence-corrected chi connectivity index (χ4v) is 2.32. The van der Waals surface area contributed by atoms with Crippen LogP contribution in [0.3, 0.4) is 0 Å². The highest BCUT2D eigenvalue weighted by Gasteiger charge is 2.11. The molecule has 0 radical (unpaired) electrons. The Hall–Kier alpha value is -2.04. The molecule has 1 nitrogen and oxygen atoms in total. The molecule has 0 spiro atoms. The van der Waals surface area contributed by atoms with Gasteiger partial charge in [0.25, 0.3) is 0 Å². The first-order valence-electron chi connectivity index (χ1n) is 6.07. The molecule has 0 aliphatic carbocycles. The van der Waals surface area contributed by atoms with E-state index in [0.717, 1.165) is 16.7 Å². The van der Waals surface area contributed by atoms with Crippen molar-refractivity contribution in [1.82, 2.24) is 0 Å². The summed E-state index contributed by atoms with van der Waals surface area (Å²) in [6.45, 7) is 4.06. The van der Waals surface area contributed by atoms with Crippen LogP contribution in [0.25, 0.3) is 10.6 Å². The molecule has 0 bridgehead atoms. The fourth-order valence-electron chi connectivity index (χ4n) is 1.97. The third-order valence-electron chi connectivity index (χ3n) is 3.23. The second kappa shape index (κ2) is 5.73. The van der Waals surface area contributed by atoms with Gasteiger partial charge in [0.2, 0.25) is 0 Å². The number of nitrogens with zero attached hydrogens (tertiary/aromatic N) is 1. The lowest BCUT2D eigenvalue weighted by Gasteiger charge is -2.09. The van der Waals surface area contributed by atoms with E-state index >= 15 is 0 Å². The van der Waals surface area contributed by atoms with Crippen LogP contribution in [0.4, 0.5) is 0 Å². The fraction of sp³-hybridized carbons (Fsp3) is 0.118. The van der Waals surface area contributed by atoms with Gasteiger partial charge in [0.1, 0.15) is 6.07 Å². The average molecular weight is 268 g/mol. The predicted octanol–water partition coefficient (Wildman–Crippen LogP) is 4.93. The number of halogens is 1. The second-order valence-electron chi connectivity index (χ2n) is 4.41. The van der Waals surface area contributed by atoms with E-state index in [2.05, 4.69) is 6.07 Å². The topological polar surface area (TPSA) is 23.8 Å². The average Bonchev–Trinajstić information content (AvgIpc) is 2.44. The lowest BCUT2D eigenvalue weighted by molar-refractivity contribution is 1.32. The molecule has 0 atom stereocenters. The summed E-state index contributed by atoms with van der Waals surface area (Å²) in [4.78, 5) is 0. The van der Waals surface area contributed by atoms with Crippen molar-refractivity contribution < 1.29 is 0 Å². The summed E-state index contributed by atoms with van der Waals surface area (Å²) in [6.07, 6.45) is 0. The van der Waals surface area contributed by atoms with E-state index in [9.17, 15) is 5.26 Å². The van der Waals surface area contributed by atoms with Crippen molar-refractivity contribution in [2.75, 3.05) is 0 Å². The van der Waals surface area contributed by atoms with Crippen molar-refractivity contribution in [3.63, 3.8) is 0 Å². The first-order valence-corrected chi connectivity index (χ1v) is 6.45. The monoisotopic (exact) mass is 267 g/mol. The van der Waals surface area contributed by atoms with Crippen molar-refractivity contribution in [2.45, 2.75) is 13.8 Å². The van der Waals surface area contributed by atoms with Gasteiger partial charge in [-0.3, -0.25) is 0 Å². The summed E-state index contributed by atoms with van der Waals surface area (Å²) in [6, 6.07) is 17.7. The van der Waals surface area contributed by atoms with Crippen molar-refractivity contribution in [3.05, 3.63) is 70.8 Å². The Balaban J connectivity index is 2.63. The Morgan fingerprint density at radius 3 is 2.32 bits per heavy atom. The number of nitriles is 1. The maximum absolute atomic E-state index is 9.38. The lowest BCUT2D eigenvalue weighted by atomic mass is 9.98. The number of rotatable bonds is 2. The minimum Gasteiger partial charge on any atom is -0.192 e. The normalized spacial score (nSPS) is 11.7. The lowest BCUT2D eigenvalue weighted by Crippen LogP contribution is -1.91. The van der Waals surface area contributed by atoms with Gasteiger partial charge in [-0.25, -0.2) is 0 Å². The molecule has 0 unspecified atom stereocenters. The minimum absolute atomic E-state index is 0.509. The van der Waals surface area contributed by atoms with Gasteiger partial charge in [-0.15, -0.1) is 0 Å². The molecule has 0 aliphatic heterocycles. The zero-order valence-electron chi connectivity index (χ0n) is 10.9. The van der Waals surface area contributed by atoms with Crippen molar-refractivity contribution >= 4 is 22.2 Å². The summed E-state index contributed by atoms with van der Waals surface area (Å²) in [7, 11) is 0. The zero-order chi connectivity index (χ0) is 13.8. The van der Waals surface area contributed by atoms with Crippen molar-refractivity contribution in [3.8, 4) is 6.07 Å². The van der Waals surface area contributed by atoms with Gasteiger partial charge in [-0.05, 0) is 36.1 Å². The summed E-state index contributed by atoms with van der Waals surface area (Å²) in [5.74, 6) is 0. The molecule has 0 aromatic heterocycles. The van der Waals surface area contributed by atoms with E-state index in [-0.39, 0.29) is 0 Å². The maximum Gasteiger partial charge on any atom is 0.101 e. The van der Waals surface area contributed by atoms with Gasteiger partial charge in [-0.2, -0.15) is 5.26 Å². The molecule has 2 heteroatoms.